The van der Waals surface area contributed by atoms with Gasteiger partial charge in [-0.15, -0.1) is 0 Å². The highest BCUT2D eigenvalue weighted by molar-refractivity contribution is 5.73. The molecule has 0 saturated carbocycles. The van der Waals surface area contributed by atoms with Crippen molar-refractivity contribution >= 4 is 11.9 Å². The summed E-state index contributed by atoms with van der Waals surface area (Å²) in [6.45, 7) is 5.62. The molecule has 1 aromatic heterocycles. The van der Waals surface area contributed by atoms with E-state index in [2.05, 4.69) is 29.9 Å². The van der Waals surface area contributed by atoms with Gasteiger partial charge in [-0.25, -0.2) is 9.59 Å². The maximum atomic E-state index is 10.6. The van der Waals surface area contributed by atoms with Crippen LogP contribution in [-0.4, -0.2) is 82.8 Å². The van der Waals surface area contributed by atoms with Crippen LogP contribution in [0.15, 0.2) is 18.5 Å². The Balaban J connectivity index is 0.000000324. The average Bonchev–Trinajstić information content (AvgIpc) is 2.65. The zero-order valence-electron chi connectivity index (χ0n) is 17.7. The first kappa shape index (κ1) is 28.6. The van der Waals surface area contributed by atoms with Crippen molar-refractivity contribution in [3.8, 4) is 0 Å². The summed E-state index contributed by atoms with van der Waals surface area (Å²) in [4.78, 5) is 24.3. The van der Waals surface area contributed by atoms with Crippen molar-refractivity contribution < 1.29 is 55.6 Å². The van der Waals surface area contributed by atoms with Crippen LogP contribution < -0.4 is 0 Å². The molecule has 33 heavy (non-hydrogen) atoms. The molecule has 1 atom stereocenters. The second-order valence-corrected chi connectivity index (χ2v) is 7.61. The lowest BCUT2D eigenvalue weighted by Gasteiger charge is -2.51. The van der Waals surface area contributed by atoms with E-state index >= 15 is 0 Å². The summed E-state index contributed by atoms with van der Waals surface area (Å²) in [6.07, 6.45) is -4.06. The molecule has 2 aliphatic rings. The summed E-state index contributed by atoms with van der Waals surface area (Å²) in [6, 6.07) is 2.14. The molecule has 2 fully saturated rings. The number of aryl methyl sites for hydroxylation is 1. The van der Waals surface area contributed by atoms with Crippen LogP contribution in [0.2, 0.25) is 0 Å². The van der Waals surface area contributed by atoms with Crippen LogP contribution in [0.3, 0.4) is 0 Å². The van der Waals surface area contributed by atoms with E-state index in [1.807, 2.05) is 12.4 Å². The number of aliphatic carboxylic acids is 2. The maximum Gasteiger partial charge on any atom is 0.490 e. The molecular weight excluding hydrogens is 466 g/mol. The van der Waals surface area contributed by atoms with Gasteiger partial charge in [0.25, 0.3) is 0 Å². The number of hydrogen-bond donors (Lipinski definition) is 2. The van der Waals surface area contributed by atoms with E-state index < -0.39 is 24.3 Å². The number of rotatable bonds is 3. The summed E-state index contributed by atoms with van der Waals surface area (Å²) in [5.41, 5.74) is 2.42. The van der Waals surface area contributed by atoms with Gasteiger partial charge in [0.15, 0.2) is 0 Å². The highest BCUT2D eigenvalue weighted by atomic mass is 19.4. The molecule has 0 aromatic carbocycles. The first-order valence-corrected chi connectivity index (χ1v) is 9.49. The number of likely N-dealkylation sites (tertiary alicyclic amines) is 1. The van der Waals surface area contributed by atoms with Crippen LogP contribution in [0.4, 0.5) is 26.3 Å². The van der Waals surface area contributed by atoms with E-state index in [0.29, 0.717) is 12.7 Å². The van der Waals surface area contributed by atoms with E-state index in [1.54, 1.807) is 0 Å². The number of nitrogens with zero attached hydrogens (tertiary/aromatic N) is 2. The molecule has 3 heterocycles. The second kappa shape index (κ2) is 11.6. The van der Waals surface area contributed by atoms with Crippen LogP contribution in [0.5, 0.6) is 0 Å². The third-order valence-electron chi connectivity index (χ3n) is 4.47. The fourth-order valence-electron chi connectivity index (χ4n) is 3.19. The fraction of sp³-hybridized carbons (Fsp3) is 0.632. The molecule has 8 nitrogen and oxygen atoms in total. The number of carbonyl (C=O) groups is 2. The van der Waals surface area contributed by atoms with Gasteiger partial charge in [-0.1, -0.05) is 6.07 Å². The van der Waals surface area contributed by atoms with Gasteiger partial charge < -0.3 is 24.6 Å². The Labute approximate surface area is 185 Å². The molecule has 0 aliphatic carbocycles. The number of hydrogen-bond acceptors (Lipinski definition) is 6. The van der Waals surface area contributed by atoms with Gasteiger partial charge in [-0.2, -0.15) is 26.3 Å². The van der Waals surface area contributed by atoms with E-state index in [0.717, 1.165) is 38.1 Å². The van der Waals surface area contributed by atoms with Gasteiger partial charge in [-0.3, -0.25) is 4.98 Å². The van der Waals surface area contributed by atoms with Crippen LogP contribution in [0, 0.1) is 6.92 Å². The number of pyridine rings is 1. The van der Waals surface area contributed by atoms with E-state index in [4.69, 9.17) is 29.3 Å². The highest BCUT2D eigenvalue weighted by Gasteiger charge is 2.46. The number of carboxylic acids is 2. The number of likely N-dealkylation sites (N-methyl/N-ethyl adjacent to an activating group) is 1. The largest absolute Gasteiger partial charge is 0.490 e. The number of ether oxygens (including phenoxy) is 2. The Morgan fingerprint density at radius 2 is 1.67 bits per heavy atom. The van der Waals surface area contributed by atoms with Gasteiger partial charge in [0.05, 0.1) is 18.3 Å². The van der Waals surface area contributed by atoms with Crippen molar-refractivity contribution in [1.82, 2.24) is 9.88 Å². The van der Waals surface area contributed by atoms with Crippen LogP contribution in [-0.2, 0) is 25.7 Å². The maximum absolute atomic E-state index is 10.6. The minimum atomic E-state index is -5.08. The van der Waals surface area contributed by atoms with E-state index in [1.165, 1.54) is 5.56 Å². The molecule has 2 aliphatic heterocycles. The van der Waals surface area contributed by atoms with Gasteiger partial charge >= 0.3 is 24.3 Å². The van der Waals surface area contributed by atoms with Crippen molar-refractivity contribution in [2.24, 2.45) is 0 Å². The molecule has 1 spiro atoms. The summed E-state index contributed by atoms with van der Waals surface area (Å²) in [7, 11) is 2.14. The molecule has 1 aromatic rings. The minimum absolute atomic E-state index is 0.0719. The molecule has 188 valence electrons. The lowest BCUT2D eigenvalue weighted by molar-refractivity contribution is -0.193. The molecule has 0 amide bonds. The SMILES string of the molecule is Cc1cncc(COC2CCOC3(C2)CN(C)C3)c1.O=C(O)C(F)(F)F.O=C(O)C(F)(F)F. The third-order valence-corrected chi connectivity index (χ3v) is 4.47. The first-order chi connectivity index (χ1) is 15.0. The minimum Gasteiger partial charge on any atom is -0.475 e. The Kier molecular flexibility index (Phi) is 10.1. The van der Waals surface area contributed by atoms with Gasteiger partial charge in [-0.05, 0) is 31.5 Å². The predicted molar refractivity (Wildman–Crippen MR) is 100 cm³/mol. The van der Waals surface area contributed by atoms with Gasteiger partial charge in [0.1, 0.15) is 0 Å². The lowest BCUT2D eigenvalue weighted by atomic mass is 9.85. The summed E-state index contributed by atoms with van der Waals surface area (Å²) in [5.74, 6) is -5.51. The monoisotopic (exact) mass is 490 g/mol. The Morgan fingerprint density at radius 3 is 2.09 bits per heavy atom. The van der Waals surface area contributed by atoms with Crippen LogP contribution in [0.25, 0.3) is 0 Å². The summed E-state index contributed by atoms with van der Waals surface area (Å²) < 4.78 is 75.5. The van der Waals surface area contributed by atoms with Crippen LogP contribution in [0.1, 0.15) is 24.0 Å². The molecule has 2 N–H and O–H groups in total. The fourth-order valence-corrected chi connectivity index (χ4v) is 3.19. The van der Waals surface area contributed by atoms with Gasteiger partial charge in [0, 0.05) is 38.5 Å². The standard InChI is InChI=1S/C15H22N2O2.2C2HF3O2/c1-12-5-13(8-16-7-12)9-18-14-3-4-19-15(6-14)10-17(2)11-15;2*3-2(4,5)1(6)7/h5,7-8,14H,3-4,6,9-11H2,1-2H3;2*(H,6,7). The Morgan fingerprint density at radius 1 is 1.15 bits per heavy atom. The molecule has 2 saturated heterocycles. The zero-order chi connectivity index (χ0) is 25.4. The molecule has 1 unspecified atom stereocenters. The summed E-state index contributed by atoms with van der Waals surface area (Å²) in [5, 5.41) is 14.2. The highest BCUT2D eigenvalue weighted by Crippen LogP contribution is 2.34. The van der Waals surface area contributed by atoms with Crippen molar-refractivity contribution in [2.75, 3.05) is 26.7 Å². The quantitative estimate of drug-likeness (QED) is 0.623. The predicted octanol–water partition coefficient (Wildman–Crippen LogP) is 3.04. The second-order valence-electron chi connectivity index (χ2n) is 7.61. The van der Waals surface area contributed by atoms with Crippen molar-refractivity contribution in [2.45, 2.75) is 50.4 Å². The molecule has 3 rings (SSSR count). The topological polar surface area (TPSA) is 109 Å². The number of carboxylic acid groups (broad SMARTS) is 2. The van der Waals surface area contributed by atoms with Crippen molar-refractivity contribution in [3.63, 3.8) is 0 Å². The lowest BCUT2D eigenvalue weighted by Crippen LogP contribution is -2.64. The van der Waals surface area contributed by atoms with E-state index in [9.17, 15) is 26.3 Å². The number of halogens is 6. The zero-order valence-corrected chi connectivity index (χ0v) is 17.7. The average molecular weight is 490 g/mol. The Bertz CT molecular complexity index is 766. The molecule has 0 bridgehead atoms. The summed E-state index contributed by atoms with van der Waals surface area (Å²) >= 11 is 0. The molecular formula is C19H24F6N2O6. The van der Waals surface area contributed by atoms with Crippen molar-refractivity contribution in [3.05, 3.63) is 29.6 Å². The number of aromatic nitrogens is 1. The van der Waals surface area contributed by atoms with Crippen LogP contribution >= 0.6 is 0 Å². The molecule has 14 heteroatoms. The van der Waals surface area contributed by atoms with Crippen molar-refractivity contribution in [1.29, 1.82) is 0 Å². The number of alkyl halides is 6. The third kappa shape index (κ3) is 10.4. The first-order valence-electron chi connectivity index (χ1n) is 9.49. The van der Waals surface area contributed by atoms with E-state index in [-0.39, 0.29) is 5.60 Å². The smallest absolute Gasteiger partial charge is 0.475 e. The van der Waals surface area contributed by atoms with Gasteiger partial charge in [0.2, 0.25) is 0 Å². The Hall–Kier alpha value is -2.45. The normalized spacial score (nSPS) is 19.9. The molecule has 0 radical (unpaired) electrons.